The lowest BCUT2D eigenvalue weighted by molar-refractivity contribution is -0.142. The maximum Gasteiger partial charge on any atom is 0.303 e. The molecule has 1 spiro atoms. The van der Waals surface area contributed by atoms with E-state index < -0.39 is 5.97 Å². The maximum absolute atomic E-state index is 13.4. The minimum Gasteiger partial charge on any atom is -0.481 e. The van der Waals surface area contributed by atoms with Gasteiger partial charge in [0.05, 0.1) is 36.6 Å². The Balaban J connectivity index is 1.16. The third-order valence-corrected chi connectivity index (χ3v) is 8.18. The number of nitrogens with zero attached hydrogens (tertiary/aromatic N) is 4. The number of halogens is 1. The Morgan fingerprint density at radius 2 is 1.92 bits per heavy atom. The van der Waals surface area contributed by atoms with Crippen LogP contribution in [0.3, 0.4) is 0 Å². The van der Waals surface area contributed by atoms with Crippen molar-refractivity contribution in [2.75, 3.05) is 7.11 Å². The van der Waals surface area contributed by atoms with E-state index in [9.17, 15) is 9.59 Å². The minimum absolute atomic E-state index is 0.0784. The van der Waals surface area contributed by atoms with Crippen molar-refractivity contribution in [3.63, 3.8) is 0 Å². The molecule has 0 atom stereocenters. The molecule has 0 bridgehead atoms. The molecular weight excluding hydrogens is 518 g/mol. The minimum atomic E-state index is -0.735. The number of aromatic nitrogens is 4. The number of rotatable bonds is 8. The Hall–Kier alpha value is -3.98. The molecule has 2 saturated carbocycles. The zero-order valence-electron chi connectivity index (χ0n) is 21.4. The van der Waals surface area contributed by atoms with E-state index in [0.29, 0.717) is 28.5 Å². The first-order chi connectivity index (χ1) is 18.8. The number of hydrogen-bond donors (Lipinski definition) is 2. The van der Waals surface area contributed by atoms with Gasteiger partial charge in [0.2, 0.25) is 5.88 Å². The summed E-state index contributed by atoms with van der Waals surface area (Å²) in [4.78, 5) is 33.1. The van der Waals surface area contributed by atoms with E-state index in [2.05, 4.69) is 20.4 Å². The maximum atomic E-state index is 13.4. The molecule has 0 saturated heterocycles. The third kappa shape index (κ3) is 5.06. The fourth-order valence-corrected chi connectivity index (χ4v) is 6.50. The highest BCUT2D eigenvalue weighted by Crippen LogP contribution is 2.59. The molecule has 1 amide bonds. The molecule has 1 aromatic carbocycles. The van der Waals surface area contributed by atoms with Crippen molar-refractivity contribution < 1.29 is 19.4 Å². The third-order valence-electron chi connectivity index (χ3n) is 7.96. The summed E-state index contributed by atoms with van der Waals surface area (Å²) < 4.78 is 7.00. The molecule has 6 rings (SSSR count). The van der Waals surface area contributed by atoms with Gasteiger partial charge in [-0.05, 0) is 66.8 Å². The Labute approximate surface area is 230 Å². The van der Waals surface area contributed by atoms with Crippen molar-refractivity contribution in [3.8, 4) is 17.0 Å². The number of carbonyl (C=O) groups is 2. The first-order valence-electron chi connectivity index (χ1n) is 12.9. The number of methoxy groups -OCH3 is 1. The molecule has 3 heterocycles. The number of benzene rings is 1. The summed E-state index contributed by atoms with van der Waals surface area (Å²) >= 11 is 6.36. The van der Waals surface area contributed by atoms with E-state index >= 15 is 0 Å². The Morgan fingerprint density at radius 1 is 1.10 bits per heavy atom. The Morgan fingerprint density at radius 3 is 2.64 bits per heavy atom. The highest BCUT2D eigenvalue weighted by atomic mass is 35.5. The number of aliphatic carboxylic acids is 1. The van der Waals surface area contributed by atoms with Gasteiger partial charge in [0.1, 0.15) is 0 Å². The van der Waals surface area contributed by atoms with Crippen LogP contribution in [0.1, 0.15) is 48.2 Å². The molecule has 39 heavy (non-hydrogen) atoms. The average Bonchev–Trinajstić information content (AvgIpc) is 3.27. The van der Waals surface area contributed by atoms with Gasteiger partial charge in [0.25, 0.3) is 5.91 Å². The number of carbonyl (C=O) groups excluding carboxylic acids is 1. The van der Waals surface area contributed by atoms with Gasteiger partial charge >= 0.3 is 5.97 Å². The monoisotopic (exact) mass is 545 g/mol. The van der Waals surface area contributed by atoms with Crippen LogP contribution >= 0.6 is 11.6 Å². The summed E-state index contributed by atoms with van der Waals surface area (Å²) in [6, 6.07) is 11.3. The fraction of sp³-hybridized carbons (Fsp3) is 0.345. The van der Waals surface area contributed by atoms with E-state index in [1.165, 1.54) is 0 Å². The summed E-state index contributed by atoms with van der Waals surface area (Å²) in [6.45, 7) is 0.392. The average molecular weight is 546 g/mol. The van der Waals surface area contributed by atoms with Gasteiger partial charge in [-0.25, -0.2) is 4.98 Å². The van der Waals surface area contributed by atoms with E-state index in [0.717, 1.165) is 47.9 Å². The summed E-state index contributed by atoms with van der Waals surface area (Å²) in [7, 11) is 1.58. The largest absolute Gasteiger partial charge is 0.481 e. The van der Waals surface area contributed by atoms with E-state index in [4.69, 9.17) is 21.4 Å². The fourth-order valence-electron chi connectivity index (χ4n) is 6.27. The molecule has 9 nitrogen and oxygen atoms in total. The number of ether oxygens (including phenoxy) is 1. The van der Waals surface area contributed by atoms with Crippen LogP contribution in [-0.4, -0.2) is 49.9 Å². The number of pyridine rings is 2. The van der Waals surface area contributed by atoms with Crippen LogP contribution in [-0.2, 0) is 11.3 Å². The molecule has 4 aromatic rings. The molecule has 0 radical (unpaired) electrons. The number of carboxylic acid groups (broad SMARTS) is 1. The number of amides is 1. The van der Waals surface area contributed by atoms with Crippen molar-refractivity contribution >= 4 is 34.4 Å². The zero-order valence-corrected chi connectivity index (χ0v) is 22.2. The summed E-state index contributed by atoms with van der Waals surface area (Å²) in [5.74, 6) is -0.117. The normalized spacial score (nSPS) is 21.8. The van der Waals surface area contributed by atoms with Crippen LogP contribution in [0, 0.1) is 11.3 Å². The molecule has 3 aromatic heterocycles. The van der Waals surface area contributed by atoms with Gasteiger partial charge in [-0.1, -0.05) is 17.7 Å². The number of nitrogens with one attached hydrogen (secondary N) is 1. The van der Waals surface area contributed by atoms with Gasteiger partial charge in [-0.15, -0.1) is 0 Å². The topological polar surface area (TPSA) is 119 Å². The molecule has 0 aliphatic heterocycles. The second-order valence-corrected chi connectivity index (χ2v) is 11.2. The zero-order chi connectivity index (χ0) is 27.1. The van der Waals surface area contributed by atoms with Crippen LogP contribution in [0.5, 0.6) is 5.88 Å². The highest BCUT2D eigenvalue weighted by Gasteiger charge is 2.53. The lowest BCUT2D eigenvalue weighted by atomic mass is 9.49. The van der Waals surface area contributed by atoms with Crippen LogP contribution in [0.2, 0.25) is 5.02 Å². The van der Waals surface area contributed by atoms with Gasteiger partial charge < -0.3 is 15.2 Å². The van der Waals surface area contributed by atoms with E-state index in [-0.39, 0.29) is 29.7 Å². The van der Waals surface area contributed by atoms with Crippen molar-refractivity contribution in [2.24, 2.45) is 11.3 Å². The first-order valence-corrected chi connectivity index (χ1v) is 13.3. The van der Waals surface area contributed by atoms with Crippen molar-refractivity contribution in [1.29, 1.82) is 0 Å². The van der Waals surface area contributed by atoms with Gasteiger partial charge in [-0.2, -0.15) is 5.10 Å². The molecule has 2 aliphatic carbocycles. The molecular formula is C29H28ClN5O4. The lowest BCUT2D eigenvalue weighted by Crippen LogP contribution is -2.56. The van der Waals surface area contributed by atoms with E-state index in [1.54, 1.807) is 42.5 Å². The molecule has 0 unspecified atom stereocenters. The van der Waals surface area contributed by atoms with Crippen molar-refractivity contribution in [1.82, 2.24) is 25.1 Å². The van der Waals surface area contributed by atoms with Crippen LogP contribution in [0.15, 0.2) is 55.0 Å². The van der Waals surface area contributed by atoms with Crippen molar-refractivity contribution in [3.05, 3.63) is 71.3 Å². The standard InChI is InChI=1S/C29H28ClN5O4/c1-39-25-8-18(4-5-31-25)19-2-3-22(32-14-19)16-35-27-20(15-33-35)7-21(30)9-24(27)28(38)34-23-12-29(13-23)10-17(11-29)6-26(36)37/h2-5,7-9,14-15,17,23H,6,10-13,16H2,1H3,(H,34,38)(H,36,37). The molecule has 2 aliphatic rings. The summed E-state index contributed by atoms with van der Waals surface area (Å²) in [5, 5.41) is 18.0. The number of hydrogen-bond acceptors (Lipinski definition) is 6. The van der Waals surface area contributed by atoms with Crippen LogP contribution in [0.25, 0.3) is 22.0 Å². The van der Waals surface area contributed by atoms with Crippen LogP contribution in [0.4, 0.5) is 0 Å². The summed E-state index contributed by atoms with van der Waals surface area (Å²) in [5.41, 5.74) is 4.08. The SMILES string of the molecule is COc1cc(-c2ccc(Cn3ncc4cc(Cl)cc(C(=O)NC5CC6(CC(CC(=O)O)C6)C5)c43)nc2)ccn1. The van der Waals surface area contributed by atoms with Gasteiger partial charge in [-0.3, -0.25) is 19.3 Å². The highest BCUT2D eigenvalue weighted by molar-refractivity contribution is 6.32. The Kier molecular flexibility index (Phi) is 6.46. The summed E-state index contributed by atoms with van der Waals surface area (Å²) in [6.07, 6.45) is 9.08. The molecule has 2 N–H and O–H groups in total. The van der Waals surface area contributed by atoms with Gasteiger partial charge in [0, 0.05) is 46.9 Å². The number of carboxylic acids is 1. The lowest BCUT2D eigenvalue weighted by Gasteiger charge is -2.57. The van der Waals surface area contributed by atoms with E-state index in [1.807, 2.05) is 24.3 Å². The molecule has 10 heteroatoms. The van der Waals surface area contributed by atoms with Gasteiger partial charge in [0.15, 0.2) is 0 Å². The Bertz CT molecular complexity index is 1550. The smallest absolute Gasteiger partial charge is 0.303 e. The van der Waals surface area contributed by atoms with Crippen LogP contribution < -0.4 is 10.1 Å². The number of fused-ring (bicyclic) bond motifs is 1. The molecule has 200 valence electrons. The molecule has 2 fully saturated rings. The quantitative estimate of drug-likeness (QED) is 0.321. The first kappa shape index (κ1) is 25.3. The van der Waals surface area contributed by atoms with Crippen molar-refractivity contribution in [2.45, 2.75) is 44.7 Å². The second-order valence-electron chi connectivity index (χ2n) is 10.8. The predicted octanol–water partition coefficient (Wildman–Crippen LogP) is 4.97. The predicted molar refractivity (Wildman–Crippen MR) is 146 cm³/mol. The second kappa shape index (κ2) is 9.96.